The van der Waals surface area contributed by atoms with E-state index in [0.717, 1.165) is 25.7 Å². The molecule has 0 aliphatic heterocycles. The molecule has 1 radical (unpaired) electrons. The fourth-order valence-electron chi connectivity index (χ4n) is 2.03. The number of hydrogen-bond donors (Lipinski definition) is 0. The molecular formula is C14H27O3SSi. The van der Waals surface area contributed by atoms with Crippen LogP contribution in [0.1, 0.15) is 46.5 Å². The Balaban J connectivity index is 2.09. The van der Waals surface area contributed by atoms with Gasteiger partial charge in [0.2, 0.25) is 0 Å². The van der Waals surface area contributed by atoms with Gasteiger partial charge in [0.25, 0.3) is 0 Å². The molecule has 5 heteroatoms. The molecule has 2 aliphatic carbocycles. The Labute approximate surface area is 119 Å². The van der Waals surface area contributed by atoms with Crippen LogP contribution in [0.2, 0.25) is 18.1 Å². The van der Waals surface area contributed by atoms with Gasteiger partial charge in [0.05, 0.1) is 16.1 Å². The molecule has 0 N–H and O–H groups in total. The third-order valence-corrected chi connectivity index (χ3v) is 13.0. The van der Waals surface area contributed by atoms with Crippen molar-refractivity contribution in [3.05, 3.63) is 6.92 Å². The van der Waals surface area contributed by atoms with E-state index in [1.807, 2.05) is 0 Å². The lowest BCUT2D eigenvalue weighted by atomic mass is 10.2. The molecular weight excluding hydrogens is 276 g/mol. The second-order valence-electron chi connectivity index (χ2n) is 7.92. The van der Waals surface area contributed by atoms with Crippen LogP contribution in [0, 0.1) is 6.92 Å². The number of rotatable bonds is 5. The maximum atomic E-state index is 12.6. The van der Waals surface area contributed by atoms with E-state index in [0.29, 0.717) is 6.61 Å². The first-order valence-corrected chi connectivity index (χ1v) is 11.5. The van der Waals surface area contributed by atoms with Crippen LogP contribution in [0.4, 0.5) is 0 Å². The van der Waals surface area contributed by atoms with E-state index in [-0.39, 0.29) is 5.04 Å². The Morgan fingerprint density at radius 2 is 1.63 bits per heavy atom. The summed E-state index contributed by atoms with van der Waals surface area (Å²) in [5.74, 6) is 0. The maximum Gasteiger partial charge on any atom is 0.192 e. The monoisotopic (exact) mass is 303 g/mol. The Hall–Kier alpha value is 0.127. The first-order chi connectivity index (χ1) is 8.37. The van der Waals surface area contributed by atoms with Crippen molar-refractivity contribution in [3.63, 3.8) is 0 Å². The molecule has 0 aromatic rings. The molecule has 0 aromatic carbocycles. The molecule has 2 aliphatic rings. The summed E-state index contributed by atoms with van der Waals surface area (Å²) in [5, 5.41) is 0.120. The molecule has 19 heavy (non-hydrogen) atoms. The van der Waals surface area contributed by atoms with E-state index in [1.165, 1.54) is 0 Å². The van der Waals surface area contributed by atoms with Crippen LogP contribution in [-0.4, -0.2) is 32.8 Å². The zero-order valence-electron chi connectivity index (χ0n) is 12.9. The third-order valence-electron chi connectivity index (χ3n) is 5.26. The third kappa shape index (κ3) is 2.42. The minimum absolute atomic E-state index is 0.120. The van der Waals surface area contributed by atoms with Crippen molar-refractivity contribution in [2.24, 2.45) is 0 Å². The zero-order chi connectivity index (χ0) is 14.7. The van der Waals surface area contributed by atoms with Gasteiger partial charge in [-0.2, -0.15) is 0 Å². The first-order valence-electron chi connectivity index (χ1n) is 7.11. The Morgan fingerprint density at radius 3 is 1.95 bits per heavy atom. The summed E-state index contributed by atoms with van der Waals surface area (Å²) in [6.45, 7) is 15.2. The fraction of sp³-hybridized carbons (Fsp3) is 0.929. The van der Waals surface area contributed by atoms with E-state index in [9.17, 15) is 8.42 Å². The lowest BCUT2D eigenvalue weighted by Gasteiger charge is -2.37. The highest BCUT2D eigenvalue weighted by Crippen LogP contribution is 2.56. The van der Waals surface area contributed by atoms with Crippen molar-refractivity contribution in [3.8, 4) is 0 Å². The summed E-state index contributed by atoms with van der Waals surface area (Å²) >= 11 is 0. The van der Waals surface area contributed by atoms with Crippen molar-refractivity contribution in [2.45, 2.75) is 74.1 Å². The normalized spacial score (nSPS) is 25.2. The molecule has 0 bridgehead atoms. The molecule has 0 spiro atoms. The molecule has 0 heterocycles. The Bertz CT molecular complexity index is 465. The highest BCUT2D eigenvalue weighted by molar-refractivity contribution is 7.94. The van der Waals surface area contributed by atoms with Gasteiger partial charge in [0.15, 0.2) is 18.2 Å². The summed E-state index contributed by atoms with van der Waals surface area (Å²) in [5.41, 5.74) is 0. The van der Waals surface area contributed by atoms with Gasteiger partial charge in [0, 0.05) is 0 Å². The predicted molar refractivity (Wildman–Crippen MR) is 81.4 cm³/mol. The van der Waals surface area contributed by atoms with Crippen LogP contribution in [0.3, 0.4) is 0 Å². The predicted octanol–water partition coefficient (Wildman–Crippen LogP) is 3.32. The summed E-state index contributed by atoms with van der Waals surface area (Å²) < 4.78 is 30.1. The van der Waals surface area contributed by atoms with Gasteiger partial charge in [-0.1, -0.05) is 20.8 Å². The van der Waals surface area contributed by atoms with Crippen molar-refractivity contribution in [1.29, 1.82) is 0 Å². The van der Waals surface area contributed by atoms with E-state index in [4.69, 9.17) is 4.43 Å². The van der Waals surface area contributed by atoms with Crippen molar-refractivity contribution >= 4 is 18.2 Å². The minimum atomic E-state index is -3.14. The van der Waals surface area contributed by atoms with Crippen LogP contribution < -0.4 is 0 Å². The van der Waals surface area contributed by atoms with Gasteiger partial charge in [0.1, 0.15) is 0 Å². The van der Waals surface area contributed by atoms with Gasteiger partial charge in [-0.3, -0.25) is 0 Å². The second kappa shape index (κ2) is 4.07. The number of hydrogen-bond acceptors (Lipinski definition) is 3. The van der Waals surface area contributed by atoms with Crippen LogP contribution in [0.15, 0.2) is 0 Å². The van der Waals surface area contributed by atoms with Gasteiger partial charge in [-0.15, -0.1) is 0 Å². The molecule has 0 amide bonds. The largest absolute Gasteiger partial charge is 0.415 e. The summed E-state index contributed by atoms with van der Waals surface area (Å²) in [7, 11) is -5.01. The lowest BCUT2D eigenvalue weighted by molar-refractivity contribution is 0.277. The second-order valence-corrected chi connectivity index (χ2v) is 15.5. The minimum Gasteiger partial charge on any atom is -0.415 e. The first kappa shape index (κ1) is 15.5. The Kier molecular flexibility index (Phi) is 3.33. The SMILES string of the molecule is [CH2]C1(S(=O)(=O)C2(CO[Si](C)(C)C(C)(C)C)CC2)CC1. The summed E-state index contributed by atoms with van der Waals surface area (Å²) in [4.78, 5) is 0. The summed E-state index contributed by atoms with van der Waals surface area (Å²) in [6.07, 6.45) is 2.94. The highest BCUT2D eigenvalue weighted by Gasteiger charge is 2.65. The molecule has 0 unspecified atom stereocenters. The molecule has 111 valence electrons. The molecule has 2 saturated carbocycles. The molecule has 0 saturated heterocycles. The van der Waals surface area contributed by atoms with Gasteiger partial charge in [-0.05, 0) is 50.7 Å². The fourth-order valence-corrected chi connectivity index (χ4v) is 5.61. The van der Waals surface area contributed by atoms with E-state index in [2.05, 4.69) is 40.8 Å². The highest BCUT2D eigenvalue weighted by atomic mass is 32.2. The van der Waals surface area contributed by atoms with Gasteiger partial charge >= 0.3 is 0 Å². The Morgan fingerprint density at radius 1 is 1.16 bits per heavy atom. The molecule has 3 nitrogen and oxygen atoms in total. The van der Waals surface area contributed by atoms with Crippen LogP contribution >= 0.6 is 0 Å². The van der Waals surface area contributed by atoms with Crippen LogP contribution in [0.5, 0.6) is 0 Å². The van der Waals surface area contributed by atoms with Crippen LogP contribution in [0.25, 0.3) is 0 Å². The molecule has 2 fully saturated rings. The van der Waals surface area contributed by atoms with E-state index >= 15 is 0 Å². The molecule has 0 atom stereocenters. The van der Waals surface area contributed by atoms with E-state index < -0.39 is 27.6 Å². The molecule has 0 aromatic heterocycles. The van der Waals surface area contributed by atoms with Crippen molar-refractivity contribution in [1.82, 2.24) is 0 Å². The summed E-state index contributed by atoms with van der Waals surface area (Å²) in [6, 6.07) is 0. The standard InChI is InChI=1S/C14H27O3SSi/c1-12(2,3)19(5,6)17-11-14(9-10-14)18(15,16)13(4)7-8-13/h4,7-11H2,1-3,5-6H3. The maximum absolute atomic E-state index is 12.6. The van der Waals surface area contributed by atoms with Gasteiger partial charge in [-0.25, -0.2) is 8.42 Å². The van der Waals surface area contributed by atoms with Crippen molar-refractivity contribution in [2.75, 3.05) is 6.61 Å². The van der Waals surface area contributed by atoms with Gasteiger partial charge < -0.3 is 4.43 Å². The molecule has 2 rings (SSSR count). The smallest absolute Gasteiger partial charge is 0.192 e. The van der Waals surface area contributed by atoms with Crippen molar-refractivity contribution < 1.29 is 12.8 Å². The number of sulfone groups is 1. The average Bonchev–Trinajstić information content (AvgIpc) is 3.09. The van der Waals surface area contributed by atoms with Crippen LogP contribution in [-0.2, 0) is 14.3 Å². The average molecular weight is 304 g/mol. The quantitative estimate of drug-likeness (QED) is 0.732. The van der Waals surface area contributed by atoms with E-state index in [1.54, 1.807) is 0 Å². The lowest BCUT2D eigenvalue weighted by Crippen LogP contribution is -2.46. The topological polar surface area (TPSA) is 43.4 Å². The zero-order valence-corrected chi connectivity index (χ0v) is 14.7.